The lowest BCUT2D eigenvalue weighted by atomic mass is 10.0. The van der Waals surface area contributed by atoms with Crippen LogP contribution in [0.5, 0.6) is 0 Å². The molecule has 0 saturated heterocycles. The molecule has 0 aliphatic rings. The second-order valence-electron chi connectivity index (χ2n) is 4.99. The van der Waals surface area contributed by atoms with Crippen molar-refractivity contribution in [2.75, 3.05) is 12.0 Å². The first-order chi connectivity index (χ1) is 7.42. The molecule has 1 rings (SSSR count). The third kappa shape index (κ3) is 4.74. The van der Waals surface area contributed by atoms with E-state index in [0.717, 1.165) is 16.6 Å². The normalized spacial score (nSPS) is 13.8. The maximum atomic E-state index is 4.58. The maximum Gasteiger partial charge on any atom is 0.187 e. The zero-order chi connectivity index (χ0) is 12.2. The van der Waals surface area contributed by atoms with E-state index in [1.807, 2.05) is 24.0 Å². The fourth-order valence-electron chi connectivity index (χ4n) is 1.05. The van der Waals surface area contributed by atoms with Crippen LogP contribution in [0.1, 0.15) is 38.6 Å². The van der Waals surface area contributed by atoms with Crippen LogP contribution in [0.2, 0.25) is 0 Å². The number of nitrogens with zero attached hydrogens (tertiary/aromatic N) is 2. The van der Waals surface area contributed by atoms with E-state index < -0.39 is 0 Å². The Bertz CT molecular complexity index is 334. The number of rotatable bonds is 4. The van der Waals surface area contributed by atoms with Crippen LogP contribution in [-0.4, -0.2) is 22.0 Å². The number of hydrogen-bond acceptors (Lipinski definition) is 4. The van der Waals surface area contributed by atoms with E-state index in [9.17, 15) is 0 Å². The zero-order valence-corrected chi connectivity index (χ0v) is 12.3. The van der Waals surface area contributed by atoms with E-state index in [2.05, 4.69) is 43.9 Å². The molecule has 0 saturated carbocycles. The molecule has 1 atom stereocenters. The second-order valence-corrected chi connectivity index (χ2v) is 7.11. The summed E-state index contributed by atoms with van der Waals surface area (Å²) in [7, 11) is 0. The van der Waals surface area contributed by atoms with E-state index in [-0.39, 0.29) is 0 Å². The van der Waals surface area contributed by atoms with Crippen molar-refractivity contribution >= 4 is 23.5 Å². The first kappa shape index (κ1) is 13.8. The predicted molar refractivity (Wildman–Crippen MR) is 74.1 cm³/mol. The molecular formula is C12H20N2S2. The highest BCUT2D eigenvalue weighted by Crippen LogP contribution is 2.27. The van der Waals surface area contributed by atoms with Crippen molar-refractivity contribution < 1.29 is 0 Å². The largest absolute Gasteiger partial charge is 0.231 e. The van der Waals surface area contributed by atoms with Crippen molar-refractivity contribution in [3.8, 4) is 0 Å². The molecule has 2 nitrogen and oxygen atoms in total. The third-order valence-electron chi connectivity index (χ3n) is 2.06. The van der Waals surface area contributed by atoms with Crippen molar-refractivity contribution in [1.29, 1.82) is 0 Å². The van der Waals surface area contributed by atoms with Crippen LogP contribution >= 0.6 is 23.5 Å². The molecule has 1 heterocycles. The van der Waals surface area contributed by atoms with Gasteiger partial charge in [-0.25, -0.2) is 9.97 Å². The van der Waals surface area contributed by atoms with Crippen LogP contribution in [0.15, 0.2) is 17.4 Å². The van der Waals surface area contributed by atoms with Gasteiger partial charge in [-0.1, -0.05) is 32.5 Å². The molecular weight excluding hydrogens is 236 g/mol. The summed E-state index contributed by atoms with van der Waals surface area (Å²) >= 11 is 3.55. The Morgan fingerprint density at radius 3 is 2.62 bits per heavy atom. The van der Waals surface area contributed by atoms with Gasteiger partial charge >= 0.3 is 0 Å². The monoisotopic (exact) mass is 256 g/mol. The average molecular weight is 256 g/mol. The Balaban J connectivity index is 2.68. The standard InChI is InChI=1S/C12H20N2S2/c1-9(15-5)10-6-7-13-11(14-10)16-8-12(2,3)4/h6-7,9H,8H2,1-5H3. The molecule has 4 heteroatoms. The summed E-state index contributed by atoms with van der Waals surface area (Å²) in [5.74, 6) is 1.05. The van der Waals surface area contributed by atoms with Crippen molar-refractivity contribution in [3.05, 3.63) is 18.0 Å². The zero-order valence-electron chi connectivity index (χ0n) is 10.7. The molecule has 0 spiro atoms. The topological polar surface area (TPSA) is 25.8 Å². The predicted octanol–water partition coefficient (Wildman–Crippen LogP) is 4.04. The highest BCUT2D eigenvalue weighted by atomic mass is 32.2. The molecule has 1 aromatic heterocycles. The summed E-state index contributed by atoms with van der Waals surface area (Å²) in [5, 5.41) is 1.34. The maximum absolute atomic E-state index is 4.58. The van der Waals surface area contributed by atoms with E-state index in [1.54, 1.807) is 11.8 Å². The lowest BCUT2D eigenvalue weighted by molar-refractivity contribution is 0.480. The summed E-state index contributed by atoms with van der Waals surface area (Å²) < 4.78 is 0. The highest BCUT2D eigenvalue weighted by Gasteiger charge is 2.13. The minimum Gasteiger partial charge on any atom is -0.231 e. The third-order valence-corrected chi connectivity index (χ3v) is 4.47. The lowest BCUT2D eigenvalue weighted by Crippen LogP contribution is -2.09. The van der Waals surface area contributed by atoms with Gasteiger partial charge in [-0.15, -0.1) is 0 Å². The first-order valence-corrected chi connectivity index (χ1v) is 7.68. The van der Waals surface area contributed by atoms with Gasteiger partial charge in [0.15, 0.2) is 5.16 Å². The van der Waals surface area contributed by atoms with Gasteiger partial charge in [-0.05, 0) is 24.7 Å². The molecule has 1 unspecified atom stereocenters. The molecule has 0 fully saturated rings. The number of thioether (sulfide) groups is 2. The molecule has 0 aliphatic heterocycles. The Labute approximate surface area is 107 Å². The number of hydrogen-bond donors (Lipinski definition) is 0. The molecule has 0 radical (unpaired) electrons. The molecule has 1 aromatic rings. The van der Waals surface area contributed by atoms with Crippen LogP contribution in [0.3, 0.4) is 0 Å². The van der Waals surface area contributed by atoms with E-state index >= 15 is 0 Å². The van der Waals surface area contributed by atoms with Gasteiger partial charge in [0.1, 0.15) is 0 Å². The SMILES string of the molecule is CSC(C)c1ccnc(SCC(C)(C)C)n1. The average Bonchev–Trinajstić information content (AvgIpc) is 2.25. The summed E-state index contributed by atoms with van der Waals surface area (Å²) in [5.41, 5.74) is 1.44. The van der Waals surface area contributed by atoms with E-state index in [0.29, 0.717) is 10.7 Å². The van der Waals surface area contributed by atoms with Gasteiger partial charge < -0.3 is 0 Å². The molecule has 0 aromatic carbocycles. The molecule has 0 bridgehead atoms. The molecule has 0 amide bonds. The molecule has 0 aliphatic carbocycles. The smallest absolute Gasteiger partial charge is 0.187 e. The van der Waals surface area contributed by atoms with Crippen LogP contribution < -0.4 is 0 Å². The van der Waals surface area contributed by atoms with Gasteiger partial charge in [0, 0.05) is 17.2 Å². The Hall–Kier alpha value is -0.220. The minimum absolute atomic E-state index is 0.315. The van der Waals surface area contributed by atoms with Crippen molar-refractivity contribution in [2.24, 2.45) is 5.41 Å². The van der Waals surface area contributed by atoms with Gasteiger partial charge in [-0.2, -0.15) is 11.8 Å². The van der Waals surface area contributed by atoms with Crippen LogP contribution in [0, 0.1) is 5.41 Å². The number of aromatic nitrogens is 2. The van der Waals surface area contributed by atoms with Crippen molar-refractivity contribution in [1.82, 2.24) is 9.97 Å². The van der Waals surface area contributed by atoms with Gasteiger partial charge in [0.2, 0.25) is 0 Å². The molecule has 0 N–H and O–H groups in total. The Morgan fingerprint density at radius 1 is 1.38 bits per heavy atom. The van der Waals surface area contributed by atoms with Crippen LogP contribution in [0.25, 0.3) is 0 Å². The van der Waals surface area contributed by atoms with Gasteiger partial charge in [0.05, 0.1) is 5.69 Å². The first-order valence-electron chi connectivity index (χ1n) is 5.41. The quantitative estimate of drug-likeness (QED) is 0.600. The van der Waals surface area contributed by atoms with Crippen LogP contribution in [0.4, 0.5) is 0 Å². The molecule has 16 heavy (non-hydrogen) atoms. The fourth-order valence-corrected chi connectivity index (χ4v) is 2.29. The van der Waals surface area contributed by atoms with Crippen molar-refractivity contribution in [2.45, 2.75) is 38.1 Å². The summed E-state index contributed by atoms with van der Waals surface area (Å²) in [6.45, 7) is 8.86. The van der Waals surface area contributed by atoms with Gasteiger partial charge in [-0.3, -0.25) is 0 Å². The van der Waals surface area contributed by atoms with Gasteiger partial charge in [0.25, 0.3) is 0 Å². The van der Waals surface area contributed by atoms with Crippen molar-refractivity contribution in [3.63, 3.8) is 0 Å². The van der Waals surface area contributed by atoms with E-state index in [1.165, 1.54) is 0 Å². The summed E-state index contributed by atoms with van der Waals surface area (Å²) in [4.78, 5) is 8.88. The Kier molecular flexibility index (Phi) is 5.12. The van der Waals surface area contributed by atoms with Crippen LogP contribution in [-0.2, 0) is 0 Å². The summed E-state index contributed by atoms with van der Waals surface area (Å²) in [6.07, 6.45) is 3.97. The summed E-state index contributed by atoms with van der Waals surface area (Å²) in [6, 6.07) is 2.00. The van der Waals surface area contributed by atoms with E-state index in [4.69, 9.17) is 0 Å². The molecule has 90 valence electrons. The minimum atomic E-state index is 0.315. The highest BCUT2D eigenvalue weighted by molar-refractivity contribution is 7.99. The lowest BCUT2D eigenvalue weighted by Gasteiger charge is -2.16. The Morgan fingerprint density at radius 2 is 2.06 bits per heavy atom. The second kappa shape index (κ2) is 5.92. The fraction of sp³-hybridized carbons (Fsp3) is 0.667.